The molecular weight excluding hydrogens is 297 g/mol. The molecule has 1 heterocycles. The highest BCUT2D eigenvalue weighted by Crippen LogP contribution is 2.18. The molecule has 94 valence electrons. The van der Waals surface area contributed by atoms with Gasteiger partial charge in [0.2, 0.25) is 0 Å². The second kappa shape index (κ2) is 6.07. The third-order valence-corrected chi connectivity index (χ3v) is 3.23. The van der Waals surface area contributed by atoms with E-state index in [4.69, 9.17) is 0 Å². The molecule has 2 aromatic rings. The van der Waals surface area contributed by atoms with Crippen molar-refractivity contribution in [2.75, 3.05) is 0 Å². The molecule has 0 saturated heterocycles. The number of nitrogens with zero attached hydrogens (tertiary/aromatic N) is 1. The van der Waals surface area contributed by atoms with Crippen LogP contribution in [0.2, 0.25) is 0 Å². The van der Waals surface area contributed by atoms with Gasteiger partial charge >= 0.3 is 0 Å². The molecule has 0 saturated carbocycles. The zero-order valence-corrected chi connectivity index (χ0v) is 11.3. The maximum atomic E-state index is 13.1. The zero-order valence-electron chi connectivity index (χ0n) is 9.68. The second-order valence-corrected chi connectivity index (χ2v) is 4.99. The molecule has 0 aliphatic heterocycles. The highest BCUT2D eigenvalue weighted by molar-refractivity contribution is 9.10. The molecule has 2 rings (SSSR count). The smallest absolute Gasteiger partial charge is 0.137 e. The summed E-state index contributed by atoms with van der Waals surface area (Å²) in [4.78, 5) is 4.16. The van der Waals surface area contributed by atoms with Crippen molar-refractivity contribution < 1.29 is 9.50 Å². The molecule has 1 atom stereocenters. The molecule has 0 aliphatic carbocycles. The highest BCUT2D eigenvalue weighted by Gasteiger charge is 2.09. The van der Waals surface area contributed by atoms with Crippen molar-refractivity contribution in [2.24, 2.45) is 0 Å². The van der Waals surface area contributed by atoms with Crippen molar-refractivity contribution in [2.45, 2.75) is 18.9 Å². The van der Waals surface area contributed by atoms with Gasteiger partial charge in [-0.3, -0.25) is 4.98 Å². The van der Waals surface area contributed by atoms with Crippen molar-refractivity contribution >= 4 is 15.9 Å². The Morgan fingerprint density at radius 2 is 2.06 bits per heavy atom. The summed E-state index contributed by atoms with van der Waals surface area (Å²) in [5.74, 6) is -0.294. The van der Waals surface area contributed by atoms with Gasteiger partial charge in [-0.1, -0.05) is 12.1 Å². The molecule has 1 unspecified atom stereocenters. The van der Waals surface area contributed by atoms with Crippen LogP contribution in [-0.4, -0.2) is 16.2 Å². The first kappa shape index (κ1) is 13.2. The van der Waals surface area contributed by atoms with Gasteiger partial charge in [-0.2, -0.15) is 0 Å². The van der Waals surface area contributed by atoms with Crippen molar-refractivity contribution in [1.29, 1.82) is 0 Å². The lowest BCUT2D eigenvalue weighted by atomic mass is 10.0. The lowest BCUT2D eigenvalue weighted by molar-refractivity contribution is 0.174. The number of hydrogen-bond acceptors (Lipinski definition) is 2. The van der Waals surface area contributed by atoms with Gasteiger partial charge in [0, 0.05) is 18.3 Å². The van der Waals surface area contributed by atoms with E-state index in [1.165, 1.54) is 6.07 Å². The maximum Gasteiger partial charge on any atom is 0.137 e. The largest absolute Gasteiger partial charge is 0.392 e. The van der Waals surface area contributed by atoms with E-state index in [0.29, 0.717) is 17.3 Å². The number of pyridine rings is 1. The fourth-order valence-corrected chi connectivity index (χ4v) is 2.20. The Morgan fingerprint density at radius 3 is 2.72 bits per heavy atom. The van der Waals surface area contributed by atoms with E-state index in [1.54, 1.807) is 18.3 Å². The van der Waals surface area contributed by atoms with E-state index < -0.39 is 6.10 Å². The van der Waals surface area contributed by atoms with Crippen LogP contribution in [0.3, 0.4) is 0 Å². The predicted octanol–water partition coefficient (Wildman–Crippen LogP) is 3.13. The van der Waals surface area contributed by atoms with Crippen LogP contribution in [0.25, 0.3) is 0 Å². The summed E-state index contributed by atoms with van der Waals surface area (Å²) in [7, 11) is 0. The molecule has 0 fully saturated rings. The molecule has 0 radical (unpaired) electrons. The van der Waals surface area contributed by atoms with Crippen LogP contribution < -0.4 is 0 Å². The van der Waals surface area contributed by atoms with Gasteiger partial charge < -0.3 is 5.11 Å². The monoisotopic (exact) mass is 309 g/mol. The first-order valence-electron chi connectivity index (χ1n) is 5.67. The van der Waals surface area contributed by atoms with Crippen LogP contribution in [0.5, 0.6) is 0 Å². The first-order valence-corrected chi connectivity index (χ1v) is 6.46. The molecule has 18 heavy (non-hydrogen) atoms. The standard InChI is InChI=1S/C14H13BrFNO/c15-13-8-10(4-5-14(13)16)7-12(18)9-11-3-1-2-6-17-11/h1-6,8,12,18H,7,9H2. The van der Waals surface area contributed by atoms with Crippen molar-refractivity contribution in [3.05, 3.63) is 64.1 Å². The molecule has 0 amide bonds. The molecule has 2 nitrogen and oxygen atoms in total. The molecular formula is C14H13BrFNO. The molecule has 4 heteroatoms. The predicted molar refractivity (Wildman–Crippen MR) is 71.8 cm³/mol. The van der Waals surface area contributed by atoms with E-state index in [9.17, 15) is 9.50 Å². The van der Waals surface area contributed by atoms with E-state index in [2.05, 4.69) is 20.9 Å². The average Bonchev–Trinajstić information content (AvgIpc) is 2.35. The number of benzene rings is 1. The third-order valence-electron chi connectivity index (χ3n) is 2.63. The Labute approximate surface area is 114 Å². The van der Waals surface area contributed by atoms with Crippen LogP contribution >= 0.6 is 15.9 Å². The zero-order chi connectivity index (χ0) is 13.0. The van der Waals surface area contributed by atoms with Crippen molar-refractivity contribution in [1.82, 2.24) is 4.98 Å². The molecule has 1 aromatic heterocycles. The van der Waals surface area contributed by atoms with Gasteiger partial charge in [-0.15, -0.1) is 0 Å². The Bertz CT molecular complexity index is 518. The minimum Gasteiger partial charge on any atom is -0.392 e. The molecule has 0 spiro atoms. The molecule has 0 bridgehead atoms. The minimum absolute atomic E-state index is 0.294. The van der Waals surface area contributed by atoms with E-state index in [1.807, 2.05) is 18.2 Å². The second-order valence-electron chi connectivity index (χ2n) is 4.13. The first-order chi connectivity index (χ1) is 8.65. The highest BCUT2D eigenvalue weighted by atomic mass is 79.9. The normalized spacial score (nSPS) is 12.4. The Hall–Kier alpha value is -1.26. The summed E-state index contributed by atoms with van der Waals surface area (Å²) in [5, 5.41) is 9.97. The number of rotatable bonds is 4. The van der Waals surface area contributed by atoms with Crippen LogP contribution in [0.15, 0.2) is 47.1 Å². The fraction of sp³-hybridized carbons (Fsp3) is 0.214. The summed E-state index contributed by atoms with van der Waals surface area (Å²) in [6.07, 6.45) is 2.17. The summed E-state index contributed by atoms with van der Waals surface area (Å²) < 4.78 is 13.5. The lowest BCUT2D eigenvalue weighted by Gasteiger charge is -2.10. The van der Waals surface area contributed by atoms with Gasteiger partial charge in [0.25, 0.3) is 0 Å². The van der Waals surface area contributed by atoms with Gasteiger partial charge in [0.05, 0.1) is 10.6 Å². The van der Waals surface area contributed by atoms with Crippen molar-refractivity contribution in [3.8, 4) is 0 Å². The van der Waals surface area contributed by atoms with E-state index in [0.717, 1.165) is 11.3 Å². The SMILES string of the molecule is OC(Cc1ccc(F)c(Br)c1)Cc1ccccn1. The Kier molecular flexibility index (Phi) is 4.44. The molecule has 1 aromatic carbocycles. The van der Waals surface area contributed by atoms with Gasteiger partial charge in [0.1, 0.15) is 5.82 Å². The van der Waals surface area contributed by atoms with Crippen LogP contribution in [-0.2, 0) is 12.8 Å². The summed E-state index contributed by atoms with van der Waals surface area (Å²) in [5.41, 5.74) is 1.75. The third kappa shape index (κ3) is 3.62. The Balaban J connectivity index is 1.99. The number of aliphatic hydroxyl groups is 1. The number of hydrogen-bond donors (Lipinski definition) is 1. The maximum absolute atomic E-state index is 13.1. The van der Waals surface area contributed by atoms with E-state index >= 15 is 0 Å². The van der Waals surface area contributed by atoms with Crippen molar-refractivity contribution in [3.63, 3.8) is 0 Å². The summed E-state index contributed by atoms with van der Waals surface area (Å²) in [6.45, 7) is 0. The van der Waals surface area contributed by atoms with Gasteiger partial charge in [0.15, 0.2) is 0 Å². The molecule has 1 N–H and O–H groups in total. The minimum atomic E-state index is -0.516. The van der Waals surface area contributed by atoms with Gasteiger partial charge in [-0.25, -0.2) is 4.39 Å². The number of aromatic nitrogens is 1. The quantitative estimate of drug-likeness (QED) is 0.941. The fourth-order valence-electron chi connectivity index (χ4n) is 1.77. The average molecular weight is 310 g/mol. The van der Waals surface area contributed by atoms with E-state index in [-0.39, 0.29) is 5.82 Å². The number of aliphatic hydroxyl groups excluding tert-OH is 1. The Morgan fingerprint density at radius 1 is 1.22 bits per heavy atom. The topological polar surface area (TPSA) is 33.1 Å². The van der Waals surface area contributed by atoms with Gasteiger partial charge in [-0.05, 0) is 52.2 Å². The van der Waals surface area contributed by atoms with Crippen LogP contribution in [0.4, 0.5) is 4.39 Å². The summed E-state index contributed by atoms with van der Waals surface area (Å²) in [6, 6.07) is 10.4. The van der Waals surface area contributed by atoms with Crippen LogP contribution in [0.1, 0.15) is 11.3 Å². The summed E-state index contributed by atoms with van der Waals surface area (Å²) >= 11 is 3.13. The number of halogens is 2. The van der Waals surface area contributed by atoms with Crippen LogP contribution in [0, 0.1) is 5.82 Å². The lowest BCUT2D eigenvalue weighted by Crippen LogP contribution is -2.14. The molecule has 0 aliphatic rings.